The summed E-state index contributed by atoms with van der Waals surface area (Å²) in [5, 5.41) is 12.5. The first-order valence-corrected chi connectivity index (χ1v) is 7.75. The van der Waals surface area contributed by atoms with Gasteiger partial charge in [-0.05, 0) is 37.3 Å². The van der Waals surface area contributed by atoms with Crippen LogP contribution >= 0.6 is 11.6 Å². The molecule has 0 bridgehead atoms. The van der Waals surface area contributed by atoms with Gasteiger partial charge in [0.15, 0.2) is 6.04 Å². The average molecular weight is 329 g/mol. The maximum Gasteiger partial charge on any atom is 0.282 e. The lowest BCUT2D eigenvalue weighted by Gasteiger charge is -2.21. The molecule has 1 unspecified atom stereocenters. The summed E-state index contributed by atoms with van der Waals surface area (Å²) in [5.41, 5.74) is 2.29. The van der Waals surface area contributed by atoms with Crippen molar-refractivity contribution >= 4 is 23.2 Å². The summed E-state index contributed by atoms with van der Waals surface area (Å²) in [6, 6.07) is 16.4. The number of anilines is 1. The number of hydrogen-bond acceptors (Lipinski definition) is 2. The van der Waals surface area contributed by atoms with E-state index in [2.05, 4.69) is 11.4 Å². The van der Waals surface area contributed by atoms with Crippen molar-refractivity contribution in [2.24, 2.45) is 0 Å². The Labute approximate surface area is 141 Å². The van der Waals surface area contributed by atoms with Crippen molar-refractivity contribution < 1.29 is 9.69 Å². The quantitative estimate of drug-likeness (QED) is 0.884. The summed E-state index contributed by atoms with van der Waals surface area (Å²) in [7, 11) is 1.98. The minimum Gasteiger partial charge on any atom is -0.324 e. The molecule has 1 amide bonds. The van der Waals surface area contributed by atoms with E-state index in [1.807, 2.05) is 38.2 Å². The Morgan fingerprint density at radius 1 is 1.30 bits per heavy atom. The lowest BCUT2D eigenvalue weighted by molar-refractivity contribution is -0.907. The van der Waals surface area contributed by atoms with Gasteiger partial charge in [0.1, 0.15) is 6.54 Å². The number of quaternary nitrogens is 1. The fourth-order valence-electron chi connectivity index (χ4n) is 2.22. The second-order valence-corrected chi connectivity index (χ2v) is 5.99. The first kappa shape index (κ1) is 17.0. The first-order valence-electron chi connectivity index (χ1n) is 7.37. The molecule has 2 aromatic carbocycles. The van der Waals surface area contributed by atoms with Crippen molar-refractivity contribution in [2.75, 3.05) is 12.4 Å². The molecule has 0 aliphatic heterocycles. The molecule has 4 nitrogen and oxygen atoms in total. The van der Waals surface area contributed by atoms with Gasteiger partial charge in [-0.1, -0.05) is 29.8 Å². The van der Waals surface area contributed by atoms with Gasteiger partial charge in [0.2, 0.25) is 0 Å². The lowest BCUT2D eigenvalue weighted by atomic mass is 10.1. The summed E-state index contributed by atoms with van der Waals surface area (Å²) in [6.07, 6.45) is 0. The Morgan fingerprint density at radius 2 is 2.00 bits per heavy atom. The molecular weight excluding hydrogens is 310 g/mol. The number of hydrogen-bond donors (Lipinski definition) is 2. The van der Waals surface area contributed by atoms with Crippen LogP contribution in [-0.4, -0.2) is 19.0 Å². The molecule has 2 N–H and O–H groups in total. The van der Waals surface area contributed by atoms with E-state index < -0.39 is 0 Å². The van der Waals surface area contributed by atoms with Gasteiger partial charge in [0.25, 0.3) is 5.91 Å². The molecule has 2 rings (SSSR count). The Balaban J connectivity index is 1.98. The third-order valence-corrected chi connectivity index (χ3v) is 4.04. The topological polar surface area (TPSA) is 57.3 Å². The number of halogens is 1. The van der Waals surface area contributed by atoms with E-state index in [1.54, 1.807) is 24.3 Å². The van der Waals surface area contributed by atoms with Crippen molar-refractivity contribution in [3.63, 3.8) is 0 Å². The molecule has 0 heterocycles. The van der Waals surface area contributed by atoms with Crippen LogP contribution in [0.25, 0.3) is 0 Å². The van der Waals surface area contributed by atoms with Crippen LogP contribution in [0.5, 0.6) is 0 Å². The number of nitrogens with one attached hydrogen (secondary N) is 2. The van der Waals surface area contributed by atoms with Gasteiger partial charge in [-0.25, -0.2) is 0 Å². The van der Waals surface area contributed by atoms with Crippen molar-refractivity contribution in [2.45, 2.75) is 19.5 Å². The van der Waals surface area contributed by atoms with E-state index in [0.29, 0.717) is 16.3 Å². The van der Waals surface area contributed by atoms with Crippen LogP contribution in [0.4, 0.5) is 5.69 Å². The van der Waals surface area contributed by atoms with Gasteiger partial charge in [0.05, 0.1) is 18.7 Å². The van der Waals surface area contributed by atoms with Crippen molar-refractivity contribution in [3.05, 3.63) is 64.7 Å². The zero-order chi connectivity index (χ0) is 16.8. The molecule has 0 aliphatic rings. The third kappa shape index (κ3) is 4.82. The Bertz CT molecular complexity index is 722. The SMILES string of the molecule is C[C@H](C(=O)Nc1cccc(C#N)c1)[NH+](C)Cc1ccc(Cl)cc1. The smallest absolute Gasteiger partial charge is 0.282 e. The number of nitriles is 1. The molecule has 2 atom stereocenters. The molecular formula is C18H19ClN3O+. The van der Waals surface area contributed by atoms with E-state index >= 15 is 0 Å². The average Bonchev–Trinajstić information content (AvgIpc) is 2.56. The van der Waals surface area contributed by atoms with Crippen LogP contribution in [0.1, 0.15) is 18.1 Å². The van der Waals surface area contributed by atoms with Crippen LogP contribution in [0.3, 0.4) is 0 Å². The van der Waals surface area contributed by atoms with Crippen LogP contribution in [0.15, 0.2) is 48.5 Å². The van der Waals surface area contributed by atoms with Crippen LogP contribution < -0.4 is 10.2 Å². The predicted octanol–water partition coefficient (Wildman–Crippen LogP) is 2.25. The minimum absolute atomic E-state index is 0.0773. The molecule has 2 aromatic rings. The van der Waals surface area contributed by atoms with Gasteiger partial charge in [-0.2, -0.15) is 5.26 Å². The summed E-state index contributed by atoms with van der Waals surface area (Å²) in [4.78, 5) is 13.4. The maximum absolute atomic E-state index is 12.4. The Morgan fingerprint density at radius 3 is 2.65 bits per heavy atom. The van der Waals surface area contributed by atoms with Crippen LogP contribution in [-0.2, 0) is 11.3 Å². The summed E-state index contributed by atoms with van der Waals surface area (Å²) in [5.74, 6) is -0.0773. The lowest BCUT2D eigenvalue weighted by Crippen LogP contribution is -3.12. The maximum atomic E-state index is 12.4. The number of nitrogens with zero attached hydrogens (tertiary/aromatic N) is 1. The van der Waals surface area contributed by atoms with E-state index in [-0.39, 0.29) is 11.9 Å². The standard InChI is InChI=1S/C18H18ClN3O/c1-13(22(2)12-14-6-8-16(19)9-7-14)18(23)21-17-5-3-4-15(10-17)11-20/h3-10,13H,12H2,1-2H3,(H,21,23)/p+1/t13-/m1/s1. The van der Waals surface area contributed by atoms with Crippen molar-refractivity contribution in [1.82, 2.24) is 0 Å². The minimum atomic E-state index is -0.226. The molecule has 0 spiro atoms. The molecule has 5 heteroatoms. The van der Waals surface area contributed by atoms with Gasteiger partial charge in [-0.3, -0.25) is 4.79 Å². The molecule has 0 aromatic heterocycles. The van der Waals surface area contributed by atoms with Crippen molar-refractivity contribution in [3.8, 4) is 6.07 Å². The monoisotopic (exact) mass is 328 g/mol. The summed E-state index contributed by atoms with van der Waals surface area (Å²) in [6.45, 7) is 2.61. The van der Waals surface area contributed by atoms with E-state index in [4.69, 9.17) is 16.9 Å². The highest BCUT2D eigenvalue weighted by Crippen LogP contribution is 2.10. The third-order valence-electron chi connectivity index (χ3n) is 3.79. The van der Waals surface area contributed by atoms with Gasteiger partial charge in [-0.15, -0.1) is 0 Å². The fraction of sp³-hybridized carbons (Fsp3) is 0.222. The van der Waals surface area contributed by atoms with Gasteiger partial charge in [0, 0.05) is 16.3 Å². The Hall–Kier alpha value is -2.35. The Kier molecular flexibility index (Phi) is 5.75. The molecule has 0 aliphatic carbocycles. The number of rotatable bonds is 5. The largest absolute Gasteiger partial charge is 0.324 e. The predicted molar refractivity (Wildman–Crippen MR) is 91.3 cm³/mol. The van der Waals surface area contributed by atoms with Gasteiger partial charge >= 0.3 is 0 Å². The number of likely N-dealkylation sites (N-methyl/N-ethyl adjacent to an activating group) is 1. The second kappa shape index (κ2) is 7.77. The van der Waals surface area contributed by atoms with E-state index in [9.17, 15) is 4.79 Å². The molecule has 0 radical (unpaired) electrons. The van der Waals surface area contributed by atoms with E-state index in [0.717, 1.165) is 17.0 Å². The number of carbonyl (C=O) groups is 1. The summed E-state index contributed by atoms with van der Waals surface area (Å²) >= 11 is 5.88. The number of amides is 1. The molecule has 118 valence electrons. The molecule has 0 fully saturated rings. The fourth-order valence-corrected chi connectivity index (χ4v) is 2.34. The molecule has 0 saturated carbocycles. The summed E-state index contributed by atoms with van der Waals surface area (Å²) < 4.78 is 0. The van der Waals surface area contributed by atoms with Crippen LogP contribution in [0, 0.1) is 11.3 Å². The normalized spacial score (nSPS) is 13.0. The van der Waals surface area contributed by atoms with Crippen molar-refractivity contribution in [1.29, 1.82) is 5.26 Å². The first-order chi connectivity index (χ1) is 11.0. The zero-order valence-corrected chi connectivity index (χ0v) is 13.9. The highest BCUT2D eigenvalue weighted by Gasteiger charge is 2.22. The van der Waals surface area contributed by atoms with Gasteiger partial charge < -0.3 is 10.2 Å². The highest BCUT2D eigenvalue weighted by molar-refractivity contribution is 6.30. The molecule has 23 heavy (non-hydrogen) atoms. The number of benzene rings is 2. The zero-order valence-electron chi connectivity index (χ0n) is 13.1. The van der Waals surface area contributed by atoms with Crippen LogP contribution in [0.2, 0.25) is 5.02 Å². The second-order valence-electron chi connectivity index (χ2n) is 5.55. The molecule has 0 saturated heterocycles. The number of carbonyl (C=O) groups excluding carboxylic acids is 1. The highest BCUT2D eigenvalue weighted by atomic mass is 35.5. The van der Waals surface area contributed by atoms with E-state index in [1.165, 1.54) is 0 Å².